The Bertz CT molecular complexity index is 929. The lowest BCUT2D eigenvalue weighted by atomic mass is 10.0. The number of aromatic nitrogens is 2. The second-order valence-corrected chi connectivity index (χ2v) is 6.80. The number of ether oxygens (including phenoxy) is 1. The highest BCUT2D eigenvalue weighted by Crippen LogP contribution is 2.22. The zero-order valence-corrected chi connectivity index (χ0v) is 15.7. The lowest BCUT2D eigenvalue weighted by molar-refractivity contribution is -0.124. The molecular formula is C21H23N3O3. The minimum absolute atomic E-state index is 0.0466. The molecule has 3 rings (SSSR count). The SMILES string of the molecule is CC(=O)c1cccc(OCC(=O)N[C@@H](c2nc3ccccc3[nH]2)C(C)C)c1. The van der Waals surface area contributed by atoms with Crippen LogP contribution in [0, 0.1) is 5.92 Å². The molecule has 0 radical (unpaired) electrons. The lowest BCUT2D eigenvalue weighted by Crippen LogP contribution is -2.35. The van der Waals surface area contributed by atoms with Gasteiger partial charge in [-0.2, -0.15) is 0 Å². The van der Waals surface area contributed by atoms with Gasteiger partial charge in [0.1, 0.15) is 11.6 Å². The number of nitrogens with one attached hydrogen (secondary N) is 2. The maximum atomic E-state index is 12.4. The number of carbonyl (C=O) groups excluding carboxylic acids is 2. The highest BCUT2D eigenvalue weighted by molar-refractivity contribution is 5.94. The Hall–Kier alpha value is -3.15. The maximum Gasteiger partial charge on any atom is 0.258 e. The third kappa shape index (κ3) is 4.53. The average molecular weight is 365 g/mol. The van der Waals surface area contributed by atoms with Crippen LogP contribution in [0.4, 0.5) is 0 Å². The Labute approximate surface area is 158 Å². The van der Waals surface area contributed by atoms with E-state index in [2.05, 4.69) is 15.3 Å². The Morgan fingerprint density at radius 3 is 2.63 bits per heavy atom. The van der Waals surface area contributed by atoms with Crippen LogP contribution in [0.25, 0.3) is 11.0 Å². The van der Waals surface area contributed by atoms with Crippen molar-refractivity contribution in [1.29, 1.82) is 0 Å². The number of hydrogen-bond acceptors (Lipinski definition) is 4. The van der Waals surface area contributed by atoms with E-state index in [4.69, 9.17) is 4.74 Å². The van der Waals surface area contributed by atoms with Gasteiger partial charge in [0.2, 0.25) is 0 Å². The van der Waals surface area contributed by atoms with Crippen LogP contribution in [0.1, 0.15) is 43.0 Å². The number of carbonyl (C=O) groups is 2. The Morgan fingerprint density at radius 1 is 1.15 bits per heavy atom. The van der Waals surface area contributed by atoms with Crippen LogP contribution in [-0.4, -0.2) is 28.3 Å². The molecule has 3 aromatic rings. The fourth-order valence-corrected chi connectivity index (χ4v) is 2.84. The molecule has 1 aromatic heterocycles. The molecule has 0 aliphatic carbocycles. The number of ketones is 1. The minimum atomic E-state index is -0.253. The van der Waals surface area contributed by atoms with Gasteiger partial charge in [0, 0.05) is 5.56 Å². The summed E-state index contributed by atoms with van der Waals surface area (Å²) in [5.41, 5.74) is 2.35. The monoisotopic (exact) mass is 365 g/mol. The van der Waals surface area contributed by atoms with E-state index in [1.807, 2.05) is 38.1 Å². The van der Waals surface area contributed by atoms with Gasteiger partial charge in [-0.1, -0.05) is 38.1 Å². The van der Waals surface area contributed by atoms with Crippen LogP contribution >= 0.6 is 0 Å². The van der Waals surface area contributed by atoms with Crippen molar-refractivity contribution in [3.8, 4) is 5.75 Å². The van der Waals surface area contributed by atoms with Crippen LogP contribution in [0.5, 0.6) is 5.75 Å². The summed E-state index contributed by atoms with van der Waals surface area (Å²) in [6.07, 6.45) is 0. The van der Waals surface area contributed by atoms with Crippen molar-refractivity contribution in [2.75, 3.05) is 6.61 Å². The molecule has 1 heterocycles. The molecule has 2 N–H and O–H groups in total. The molecule has 1 atom stereocenters. The number of imidazole rings is 1. The summed E-state index contributed by atoms with van der Waals surface area (Å²) in [5, 5.41) is 2.98. The summed E-state index contributed by atoms with van der Waals surface area (Å²) in [6, 6.07) is 14.3. The summed E-state index contributed by atoms with van der Waals surface area (Å²) in [4.78, 5) is 31.7. The Morgan fingerprint density at radius 2 is 1.93 bits per heavy atom. The van der Waals surface area contributed by atoms with E-state index in [0.29, 0.717) is 11.3 Å². The van der Waals surface area contributed by atoms with Gasteiger partial charge in [-0.15, -0.1) is 0 Å². The van der Waals surface area contributed by atoms with Crippen molar-refractivity contribution in [3.63, 3.8) is 0 Å². The third-order valence-corrected chi connectivity index (χ3v) is 4.30. The fraction of sp³-hybridized carbons (Fsp3) is 0.286. The Kier molecular flexibility index (Phi) is 5.54. The molecule has 0 saturated heterocycles. The van der Waals surface area contributed by atoms with Crippen LogP contribution in [0.2, 0.25) is 0 Å². The number of Topliss-reactive ketones (excluding diaryl/α,β-unsaturated/α-hetero) is 1. The van der Waals surface area contributed by atoms with Crippen molar-refractivity contribution in [1.82, 2.24) is 15.3 Å². The van der Waals surface area contributed by atoms with Crippen molar-refractivity contribution in [2.24, 2.45) is 5.92 Å². The average Bonchev–Trinajstić information content (AvgIpc) is 3.08. The molecule has 6 heteroatoms. The predicted octanol–water partition coefficient (Wildman–Crippen LogP) is 3.66. The first kappa shape index (κ1) is 18.6. The smallest absolute Gasteiger partial charge is 0.258 e. The molecular weight excluding hydrogens is 342 g/mol. The molecule has 0 aliphatic heterocycles. The van der Waals surface area contributed by atoms with Gasteiger partial charge in [-0.05, 0) is 37.1 Å². The van der Waals surface area contributed by atoms with Crippen LogP contribution < -0.4 is 10.1 Å². The molecule has 6 nitrogen and oxygen atoms in total. The van der Waals surface area contributed by atoms with E-state index in [1.165, 1.54) is 6.92 Å². The highest BCUT2D eigenvalue weighted by atomic mass is 16.5. The van der Waals surface area contributed by atoms with E-state index in [-0.39, 0.29) is 30.3 Å². The number of nitrogens with zero attached hydrogens (tertiary/aromatic N) is 1. The number of rotatable bonds is 7. The van der Waals surface area contributed by atoms with E-state index >= 15 is 0 Å². The van der Waals surface area contributed by atoms with Crippen molar-refractivity contribution in [2.45, 2.75) is 26.8 Å². The summed E-state index contributed by atoms with van der Waals surface area (Å²) in [7, 11) is 0. The van der Waals surface area contributed by atoms with Gasteiger partial charge in [-0.3, -0.25) is 9.59 Å². The third-order valence-electron chi connectivity index (χ3n) is 4.30. The first-order valence-electron chi connectivity index (χ1n) is 8.92. The van der Waals surface area contributed by atoms with Crippen molar-refractivity contribution >= 4 is 22.7 Å². The number of fused-ring (bicyclic) bond motifs is 1. The fourth-order valence-electron chi connectivity index (χ4n) is 2.84. The maximum absolute atomic E-state index is 12.4. The van der Waals surface area contributed by atoms with E-state index in [0.717, 1.165) is 16.9 Å². The molecule has 0 unspecified atom stereocenters. The number of hydrogen-bond donors (Lipinski definition) is 2. The molecule has 27 heavy (non-hydrogen) atoms. The topological polar surface area (TPSA) is 84.1 Å². The summed E-state index contributed by atoms with van der Waals surface area (Å²) >= 11 is 0. The number of amides is 1. The van der Waals surface area contributed by atoms with Crippen LogP contribution in [0.15, 0.2) is 48.5 Å². The molecule has 2 aromatic carbocycles. The summed E-state index contributed by atoms with van der Waals surface area (Å²) in [6.45, 7) is 5.40. The normalized spacial score (nSPS) is 12.1. The van der Waals surface area contributed by atoms with Gasteiger partial charge in [0.15, 0.2) is 12.4 Å². The van der Waals surface area contributed by atoms with Crippen LogP contribution in [-0.2, 0) is 4.79 Å². The first-order chi connectivity index (χ1) is 12.9. The van der Waals surface area contributed by atoms with Gasteiger partial charge in [0.05, 0.1) is 17.1 Å². The summed E-state index contributed by atoms with van der Waals surface area (Å²) in [5.74, 6) is 1.06. The second kappa shape index (κ2) is 8.03. The standard InChI is InChI=1S/C21H23N3O3/c1-13(2)20(21-22-17-9-4-5-10-18(17)23-21)24-19(26)12-27-16-8-6-7-15(11-16)14(3)25/h4-11,13,20H,12H2,1-3H3,(H,22,23)(H,24,26)/t20-/m1/s1. The molecule has 0 fully saturated rings. The number of para-hydroxylation sites is 2. The molecule has 0 spiro atoms. The van der Waals surface area contributed by atoms with E-state index in [9.17, 15) is 9.59 Å². The second-order valence-electron chi connectivity index (χ2n) is 6.80. The van der Waals surface area contributed by atoms with Crippen molar-refractivity contribution < 1.29 is 14.3 Å². The number of aromatic amines is 1. The molecule has 1 amide bonds. The Balaban J connectivity index is 1.67. The van der Waals surface area contributed by atoms with Crippen LogP contribution in [0.3, 0.4) is 0 Å². The van der Waals surface area contributed by atoms with Gasteiger partial charge >= 0.3 is 0 Å². The lowest BCUT2D eigenvalue weighted by Gasteiger charge is -2.20. The molecule has 140 valence electrons. The zero-order valence-electron chi connectivity index (χ0n) is 15.7. The number of H-pyrrole nitrogens is 1. The molecule has 0 bridgehead atoms. The summed E-state index contributed by atoms with van der Waals surface area (Å²) < 4.78 is 5.54. The highest BCUT2D eigenvalue weighted by Gasteiger charge is 2.22. The van der Waals surface area contributed by atoms with Gasteiger partial charge in [0.25, 0.3) is 5.91 Å². The van der Waals surface area contributed by atoms with E-state index in [1.54, 1.807) is 24.3 Å². The quantitative estimate of drug-likeness (QED) is 0.626. The minimum Gasteiger partial charge on any atom is -0.484 e. The van der Waals surface area contributed by atoms with Gasteiger partial charge in [-0.25, -0.2) is 4.98 Å². The number of benzene rings is 2. The molecule has 0 aliphatic rings. The largest absolute Gasteiger partial charge is 0.484 e. The first-order valence-corrected chi connectivity index (χ1v) is 8.92. The predicted molar refractivity (Wildman–Crippen MR) is 104 cm³/mol. The van der Waals surface area contributed by atoms with Gasteiger partial charge < -0.3 is 15.0 Å². The van der Waals surface area contributed by atoms with Crippen molar-refractivity contribution in [3.05, 3.63) is 59.9 Å². The van der Waals surface area contributed by atoms with E-state index < -0.39 is 0 Å². The molecule has 0 saturated carbocycles. The zero-order chi connectivity index (χ0) is 19.4.